The molecule has 21 aliphatic rings. The predicted octanol–water partition coefficient (Wildman–Crippen LogP) is 10.6. The summed E-state index contributed by atoms with van der Waals surface area (Å²) in [4.78, 5) is 160. The topological polar surface area (TPSA) is 368 Å². The maximum absolute atomic E-state index is 11.7. The average Bonchev–Trinajstić information content (AvgIpc) is 1.56. The minimum Gasteiger partial charge on any atom is -0.462 e. The highest BCUT2D eigenvalue weighted by molar-refractivity contribution is 5.89. The van der Waals surface area contributed by atoms with Gasteiger partial charge in [0.2, 0.25) is 0 Å². The molecule has 0 N–H and O–H groups in total. The van der Waals surface area contributed by atoms with Crippen molar-refractivity contribution in [2.75, 3.05) is 0 Å². The van der Waals surface area contributed by atoms with Gasteiger partial charge in [-0.2, -0.15) is 0 Å². The van der Waals surface area contributed by atoms with E-state index in [-0.39, 0.29) is 262 Å². The zero-order valence-electron chi connectivity index (χ0n) is 70.7. The molecule has 37 unspecified atom stereocenters. The van der Waals surface area contributed by atoms with Gasteiger partial charge >= 0.3 is 83.6 Å². The fraction of sp³-hybridized carbons (Fsp3) is 0.699. The molecule has 0 radical (unpaired) electrons. The number of esters is 14. The van der Waals surface area contributed by atoms with Crippen molar-refractivity contribution in [1.82, 2.24) is 0 Å². The Morgan fingerprint density at radius 2 is 0.661 bits per heavy atom. The number of rotatable bonds is 14. The van der Waals surface area contributed by atoms with Gasteiger partial charge in [0.15, 0.2) is 0 Å². The van der Waals surface area contributed by atoms with Crippen molar-refractivity contribution in [1.29, 1.82) is 0 Å². The van der Waals surface area contributed by atoms with E-state index >= 15 is 0 Å². The molecule has 28 heteroatoms. The molecule has 656 valence electrons. The Labute approximate surface area is 704 Å². The van der Waals surface area contributed by atoms with E-state index in [1.807, 2.05) is 0 Å². The van der Waals surface area contributed by atoms with E-state index in [4.69, 9.17) is 66.3 Å². The van der Waals surface area contributed by atoms with Crippen molar-refractivity contribution < 1.29 is 133 Å². The van der Waals surface area contributed by atoms with Crippen LogP contribution in [0.15, 0.2) is 86.6 Å². The minimum absolute atomic E-state index is 0.00634. The average molecular weight is 1680 g/mol. The molecule has 28 nitrogen and oxygen atoms in total. The molecule has 7 heterocycles. The van der Waals surface area contributed by atoms with Crippen LogP contribution in [0.2, 0.25) is 0 Å². The van der Waals surface area contributed by atoms with Crippen LogP contribution in [-0.4, -0.2) is 169 Å². The fourth-order valence-corrected chi connectivity index (χ4v) is 27.0. The van der Waals surface area contributed by atoms with E-state index in [1.54, 1.807) is 27.7 Å². The van der Waals surface area contributed by atoms with Crippen molar-refractivity contribution in [3.63, 3.8) is 0 Å². The summed E-state index contributed by atoms with van der Waals surface area (Å²) in [5.41, 5.74) is 1.60. The van der Waals surface area contributed by atoms with Crippen molar-refractivity contribution in [3.05, 3.63) is 86.6 Å². The standard InChI is InChI=1S/3C14H18O4.3C13H16O4.C12H14O4/c1-7(2)13(16)17-10-6-14(3)5-9(10)8-4-11(15)18-12(8)14;1-7(2)13(16)17-10-4-8-6-14(10,3)9-5-11(15)18-12(8)9;1-6(2)14(16)18-12-7(3)8-4-9(12)10-5-11(15)17-13(8)10;1-6(2)13(15)16-10-4-7-3-8(10)9-5-11(14)17-12(7)9;1-3-10(14)16-9-6-13(2)5-8(9)7-4-11(15)17-12(7)13;1-3-10(14)16-12-6(2)7-4-8(12)9-5-11(15)17-13(7)9;1-2-10(13)15-9-4-6-3-7(9)8-5-11(14)16-12(6)8/h2*8-10,12H,1,4-6H2,2-3H3;7-10,12-13H,1,4-5H2,2-3H3;7-10,12H,1,3-5H2,2H3;3,7-9,12H,1,4-6H2,2H3;3,6-9,12-13H,1,4-5H2,2H3;2,6-9,12H,1,3-5H2. The zero-order chi connectivity index (χ0) is 87.0. The second-order valence-corrected chi connectivity index (χ2v) is 39.6. The summed E-state index contributed by atoms with van der Waals surface area (Å²) in [5.74, 6) is 2.79. The first kappa shape index (κ1) is 86.7. The largest absolute Gasteiger partial charge is 0.462 e. The van der Waals surface area contributed by atoms with Gasteiger partial charge in [-0.25, -0.2) is 33.6 Å². The maximum atomic E-state index is 11.7. The van der Waals surface area contributed by atoms with Crippen LogP contribution in [0.1, 0.15) is 184 Å². The van der Waals surface area contributed by atoms with Gasteiger partial charge < -0.3 is 66.3 Å². The molecule has 0 spiro atoms. The Morgan fingerprint density at radius 1 is 0.322 bits per heavy atom. The maximum Gasteiger partial charge on any atom is 0.333 e. The van der Waals surface area contributed by atoms with Gasteiger partial charge in [0.05, 0.1) is 44.9 Å². The summed E-state index contributed by atoms with van der Waals surface area (Å²) in [6, 6.07) is 0. The second-order valence-electron chi connectivity index (χ2n) is 39.6. The van der Waals surface area contributed by atoms with Crippen LogP contribution in [0, 0.1) is 135 Å². The van der Waals surface area contributed by atoms with Crippen LogP contribution >= 0.6 is 0 Å². The summed E-state index contributed by atoms with van der Waals surface area (Å²) in [6.07, 6.45) is 18.1. The van der Waals surface area contributed by atoms with Crippen LogP contribution in [-0.2, 0) is 133 Å². The smallest absolute Gasteiger partial charge is 0.333 e. The number of hydrogen-bond donors (Lipinski definition) is 0. The Kier molecular flexibility index (Phi) is 23.7. The van der Waals surface area contributed by atoms with Gasteiger partial charge in [0.25, 0.3) is 0 Å². The Balaban J connectivity index is 0.000000110. The summed E-state index contributed by atoms with van der Waals surface area (Å²) in [6.45, 7) is 41.8. The fourth-order valence-electron chi connectivity index (χ4n) is 27.0. The van der Waals surface area contributed by atoms with Crippen molar-refractivity contribution in [2.45, 2.75) is 270 Å². The predicted molar refractivity (Wildman–Crippen MR) is 421 cm³/mol. The highest BCUT2D eigenvalue weighted by atomic mass is 16.6. The van der Waals surface area contributed by atoms with Crippen LogP contribution in [0.5, 0.6) is 0 Å². The first-order valence-corrected chi connectivity index (χ1v) is 43.5. The summed E-state index contributed by atoms with van der Waals surface area (Å²) in [5, 5.41) is 0. The highest BCUT2D eigenvalue weighted by Gasteiger charge is 2.70. The van der Waals surface area contributed by atoms with Gasteiger partial charge in [0, 0.05) is 163 Å². The van der Waals surface area contributed by atoms with Gasteiger partial charge in [-0.1, -0.05) is 80.7 Å². The normalized spacial score (nSPS) is 44.8. The first-order chi connectivity index (χ1) is 57.2. The number of ether oxygens (including phenoxy) is 14. The lowest BCUT2D eigenvalue weighted by atomic mass is 9.73. The third kappa shape index (κ3) is 16.0. The van der Waals surface area contributed by atoms with E-state index in [0.29, 0.717) is 109 Å². The molecule has 21 rings (SSSR count). The van der Waals surface area contributed by atoms with Crippen LogP contribution in [0.25, 0.3) is 0 Å². The third-order valence-corrected chi connectivity index (χ3v) is 32.1. The minimum atomic E-state index is -0.368. The van der Waals surface area contributed by atoms with E-state index in [9.17, 15) is 67.1 Å². The highest BCUT2D eigenvalue weighted by Crippen LogP contribution is 2.66. The van der Waals surface area contributed by atoms with Gasteiger partial charge in [0.1, 0.15) is 85.5 Å². The SMILES string of the molecule is C=C(C)C(=O)OC1C(C)C2CC1C1CC(=O)OC21.C=C(C)C(=O)OC1CC2(C)CC1C1CC(=O)OC12.C=C(C)C(=O)OC1CC2CC1(C)C1CC(=O)OC21.C=C(C)C(=O)OC1CC2CC1C1CC(=O)OC21.C=CC(=O)OC1C(C)C2CC1C1CC(=O)OC21.C=CC(=O)OC1CC2(C)CC1C1CC(=O)OC12.C=CC(=O)OC1CC2CC1C1CC(=O)OC21. The van der Waals surface area contributed by atoms with Crippen LogP contribution in [0.3, 0.4) is 0 Å². The Bertz CT molecular complexity index is 4350. The number of carbonyl (C=O) groups is 14. The molecule has 0 aromatic carbocycles. The zero-order valence-corrected chi connectivity index (χ0v) is 70.7. The Morgan fingerprint density at radius 3 is 1.10 bits per heavy atom. The number of carbonyl (C=O) groups excluding carboxylic acids is 14. The molecule has 14 saturated carbocycles. The molecular weight excluding hydrogens is 1560 g/mol. The molecule has 21 fully saturated rings. The van der Waals surface area contributed by atoms with Crippen molar-refractivity contribution in [2.24, 2.45) is 135 Å². The lowest BCUT2D eigenvalue weighted by molar-refractivity contribution is -0.155. The van der Waals surface area contributed by atoms with Gasteiger partial charge in [-0.3, -0.25) is 33.6 Å². The van der Waals surface area contributed by atoms with Gasteiger partial charge in [-0.05, 0) is 117 Å². The van der Waals surface area contributed by atoms with E-state index < -0.39 is 0 Å². The molecule has 14 bridgehead atoms. The molecule has 7 saturated heterocycles. The first-order valence-electron chi connectivity index (χ1n) is 43.5. The second kappa shape index (κ2) is 33.1. The molecule has 14 aliphatic carbocycles. The lowest BCUT2D eigenvalue weighted by Crippen LogP contribution is -2.42. The summed E-state index contributed by atoms with van der Waals surface area (Å²) >= 11 is 0. The van der Waals surface area contributed by atoms with E-state index in [1.165, 1.54) is 18.2 Å². The van der Waals surface area contributed by atoms with Crippen LogP contribution in [0.4, 0.5) is 0 Å². The number of fused-ring (bicyclic) bond motifs is 35. The molecule has 7 aliphatic heterocycles. The van der Waals surface area contributed by atoms with Gasteiger partial charge in [-0.15, -0.1) is 0 Å². The summed E-state index contributed by atoms with van der Waals surface area (Å²) < 4.78 is 75.8. The molecule has 0 aromatic heterocycles. The quantitative estimate of drug-likeness (QED) is 0.0885. The third-order valence-electron chi connectivity index (χ3n) is 32.1. The molecule has 37 atom stereocenters. The summed E-state index contributed by atoms with van der Waals surface area (Å²) in [7, 11) is 0. The molecule has 0 aromatic rings. The van der Waals surface area contributed by atoms with Crippen molar-refractivity contribution in [3.8, 4) is 0 Å². The van der Waals surface area contributed by atoms with E-state index in [2.05, 4.69) is 80.7 Å². The lowest BCUT2D eigenvalue weighted by Gasteiger charge is -2.37. The number of hydrogen-bond acceptors (Lipinski definition) is 28. The molecule has 0 amide bonds. The molecule has 121 heavy (non-hydrogen) atoms. The van der Waals surface area contributed by atoms with Crippen LogP contribution < -0.4 is 0 Å². The monoisotopic (exact) mass is 1680 g/mol. The van der Waals surface area contributed by atoms with Crippen molar-refractivity contribution >= 4 is 83.6 Å². The molecular formula is C93H116O28. The Hall–Kier alpha value is -9.24. The van der Waals surface area contributed by atoms with E-state index in [0.717, 1.165) is 77.0 Å².